The molecule has 1 atom stereocenters. The average molecular weight is 179 g/mol. The van der Waals surface area contributed by atoms with Crippen LogP contribution in [0, 0.1) is 0 Å². The van der Waals surface area contributed by atoms with Crippen molar-refractivity contribution in [1.82, 2.24) is 0 Å². The van der Waals surface area contributed by atoms with E-state index in [0.29, 0.717) is 6.54 Å². The number of rotatable bonds is 4. The van der Waals surface area contributed by atoms with Gasteiger partial charge in [0.05, 0.1) is 6.10 Å². The molecule has 0 aromatic heterocycles. The van der Waals surface area contributed by atoms with Gasteiger partial charge in [0, 0.05) is 12.2 Å². The highest BCUT2D eigenvalue weighted by atomic mass is 16.3. The minimum Gasteiger partial charge on any atom is -0.392 e. The molecule has 13 heavy (non-hydrogen) atoms. The summed E-state index contributed by atoms with van der Waals surface area (Å²) in [7, 11) is 0. The largest absolute Gasteiger partial charge is 0.392 e. The van der Waals surface area contributed by atoms with Gasteiger partial charge in [-0.05, 0) is 25.0 Å². The molecule has 2 nitrogen and oxygen atoms in total. The number of anilines is 1. The Morgan fingerprint density at radius 2 is 2.08 bits per heavy atom. The Bertz CT molecular complexity index is 258. The second kappa shape index (κ2) is 4.87. The summed E-state index contributed by atoms with van der Waals surface area (Å²) in [5.41, 5.74) is 2.43. The van der Waals surface area contributed by atoms with Gasteiger partial charge in [-0.25, -0.2) is 0 Å². The monoisotopic (exact) mass is 179 g/mol. The van der Waals surface area contributed by atoms with Crippen LogP contribution in [0.3, 0.4) is 0 Å². The fourth-order valence-electron chi connectivity index (χ4n) is 1.26. The minimum absolute atomic E-state index is 0.301. The first-order chi connectivity index (χ1) is 6.24. The number of benzene rings is 1. The van der Waals surface area contributed by atoms with Crippen molar-refractivity contribution in [2.45, 2.75) is 26.4 Å². The van der Waals surface area contributed by atoms with Gasteiger partial charge in [-0.1, -0.05) is 25.1 Å². The maximum absolute atomic E-state index is 9.11. The Balaban J connectivity index is 2.64. The molecular weight excluding hydrogens is 162 g/mol. The second-order valence-electron chi connectivity index (χ2n) is 3.24. The Kier molecular flexibility index (Phi) is 3.77. The lowest BCUT2D eigenvalue weighted by molar-refractivity contribution is 0.208. The van der Waals surface area contributed by atoms with Gasteiger partial charge in [0.25, 0.3) is 0 Å². The molecule has 0 fully saturated rings. The van der Waals surface area contributed by atoms with Crippen LogP contribution < -0.4 is 5.32 Å². The molecule has 0 radical (unpaired) electrons. The van der Waals surface area contributed by atoms with Crippen LogP contribution in [-0.2, 0) is 6.42 Å². The van der Waals surface area contributed by atoms with Crippen molar-refractivity contribution in [3.63, 3.8) is 0 Å². The van der Waals surface area contributed by atoms with Gasteiger partial charge in [0.15, 0.2) is 0 Å². The molecule has 72 valence electrons. The van der Waals surface area contributed by atoms with E-state index in [1.165, 1.54) is 5.56 Å². The summed E-state index contributed by atoms with van der Waals surface area (Å²) < 4.78 is 0. The SMILES string of the molecule is CCc1ccccc1NCC(C)O. The molecule has 0 heterocycles. The van der Waals surface area contributed by atoms with Crippen LogP contribution in [0.25, 0.3) is 0 Å². The zero-order chi connectivity index (χ0) is 9.68. The molecule has 0 amide bonds. The van der Waals surface area contributed by atoms with Gasteiger partial charge in [-0.15, -0.1) is 0 Å². The quantitative estimate of drug-likeness (QED) is 0.741. The molecule has 0 aliphatic rings. The summed E-state index contributed by atoms with van der Waals surface area (Å²) in [6.45, 7) is 4.52. The van der Waals surface area contributed by atoms with E-state index in [1.54, 1.807) is 6.92 Å². The lowest BCUT2D eigenvalue weighted by Crippen LogP contribution is -2.16. The van der Waals surface area contributed by atoms with Crippen LogP contribution >= 0.6 is 0 Å². The summed E-state index contributed by atoms with van der Waals surface area (Å²) in [5, 5.41) is 12.3. The third-order valence-corrected chi connectivity index (χ3v) is 1.99. The van der Waals surface area contributed by atoms with Crippen LogP contribution in [0.2, 0.25) is 0 Å². The van der Waals surface area contributed by atoms with Gasteiger partial charge >= 0.3 is 0 Å². The lowest BCUT2D eigenvalue weighted by atomic mass is 10.1. The summed E-state index contributed by atoms with van der Waals surface area (Å²) >= 11 is 0. The van der Waals surface area contributed by atoms with E-state index < -0.39 is 0 Å². The molecule has 1 rings (SSSR count). The normalized spacial score (nSPS) is 12.5. The molecule has 1 unspecified atom stereocenters. The van der Waals surface area contributed by atoms with E-state index in [2.05, 4.69) is 18.3 Å². The molecule has 1 aromatic rings. The van der Waals surface area contributed by atoms with Crippen molar-refractivity contribution < 1.29 is 5.11 Å². The smallest absolute Gasteiger partial charge is 0.0684 e. The maximum atomic E-state index is 9.11. The predicted molar refractivity (Wildman–Crippen MR) is 56.0 cm³/mol. The summed E-state index contributed by atoms with van der Waals surface area (Å²) in [5.74, 6) is 0. The van der Waals surface area contributed by atoms with Gasteiger partial charge in [-0.2, -0.15) is 0 Å². The first-order valence-corrected chi connectivity index (χ1v) is 4.74. The highest BCUT2D eigenvalue weighted by molar-refractivity contribution is 5.51. The highest BCUT2D eigenvalue weighted by Crippen LogP contribution is 2.14. The van der Waals surface area contributed by atoms with Crippen molar-refractivity contribution in [2.75, 3.05) is 11.9 Å². The zero-order valence-corrected chi connectivity index (χ0v) is 8.25. The Labute approximate surface area is 79.6 Å². The number of aryl methyl sites for hydroxylation is 1. The molecule has 0 aliphatic heterocycles. The molecule has 0 saturated heterocycles. The standard InChI is InChI=1S/C11H17NO/c1-3-10-6-4-5-7-11(10)12-8-9(2)13/h4-7,9,12-13H,3,8H2,1-2H3. The van der Waals surface area contributed by atoms with Crippen LogP contribution in [0.1, 0.15) is 19.4 Å². The topological polar surface area (TPSA) is 32.3 Å². The Morgan fingerprint density at radius 3 is 2.69 bits per heavy atom. The van der Waals surface area contributed by atoms with E-state index in [4.69, 9.17) is 5.11 Å². The number of nitrogens with one attached hydrogen (secondary N) is 1. The number of aliphatic hydroxyl groups is 1. The van der Waals surface area contributed by atoms with Crippen LogP contribution in [0.4, 0.5) is 5.69 Å². The molecule has 2 N–H and O–H groups in total. The van der Waals surface area contributed by atoms with E-state index in [1.807, 2.05) is 18.2 Å². The third kappa shape index (κ3) is 3.07. The molecule has 0 saturated carbocycles. The zero-order valence-electron chi connectivity index (χ0n) is 8.25. The van der Waals surface area contributed by atoms with Crippen molar-refractivity contribution >= 4 is 5.69 Å². The fourth-order valence-corrected chi connectivity index (χ4v) is 1.26. The maximum Gasteiger partial charge on any atom is 0.0684 e. The van der Waals surface area contributed by atoms with Gasteiger partial charge < -0.3 is 10.4 Å². The van der Waals surface area contributed by atoms with Crippen LogP contribution in [-0.4, -0.2) is 17.8 Å². The second-order valence-corrected chi connectivity index (χ2v) is 3.24. The van der Waals surface area contributed by atoms with Gasteiger partial charge in [0.1, 0.15) is 0 Å². The average Bonchev–Trinajstić information content (AvgIpc) is 2.15. The van der Waals surface area contributed by atoms with Crippen molar-refractivity contribution in [3.8, 4) is 0 Å². The number of para-hydroxylation sites is 1. The summed E-state index contributed by atoms with van der Waals surface area (Å²) in [4.78, 5) is 0. The molecule has 0 spiro atoms. The van der Waals surface area contributed by atoms with Crippen molar-refractivity contribution in [1.29, 1.82) is 0 Å². The number of aliphatic hydroxyl groups excluding tert-OH is 1. The molecule has 0 aliphatic carbocycles. The Hall–Kier alpha value is -1.02. The molecule has 0 bridgehead atoms. The molecular formula is C11H17NO. The Morgan fingerprint density at radius 1 is 1.38 bits per heavy atom. The summed E-state index contributed by atoms with van der Waals surface area (Å²) in [6.07, 6.45) is 0.716. The number of hydrogen-bond donors (Lipinski definition) is 2. The van der Waals surface area contributed by atoms with Crippen molar-refractivity contribution in [2.24, 2.45) is 0 Å². The van der Waals surface area contributed by atoms with E-state index in [-0.39, 0.29) is 6.10 Å². The first-order valence-electron chi connectivity index (χ1n) is 4.74. The molecule has 2 heteroatoms. The van der Waals surface area contributed by atoms with Gasteiger partial charge in [0.2, 0.25) is 0 Å². The molecule has 1 aromatic carbocycles. The first kappa shape index (κ1) is 10.1. The van der Waals surface area contributed by atoms with E-state index >= 15 is 0 Å². The van der Waals surface area contributed by atoms with Crippen molar-refractivity contribution in [3.05, 3.63) is 29.8 Å². The third-order valence-electron chi connectivity index (χ3n) is 1.99. The number of hydrogen-bond acceptors (Lipinski definition) is 2. The van der Waals surface area contributed by atoms with Gasteiger partial charge in [-0.3, -0.25) is 0 Å². The van der Waals surface area contributed by atoms with Crippen LogP contribution in [0.5, 0.6) is 0 Å². The minimum atomic E-state index is -0.301. The highest BCUT2D eigenvalue weighted by Gasteiger charge is 1.99. The fraction of sp³-hybridized carbons (Fsp3) is 0.455. The van der Waals surface area contributed by atoms with Crippen LogP contribution in [0.15, 0.2) is 24.3 Å². The lowest BCUT2D eigenvalue weighted by Gasteiger charge is -2.11. The van der Waals surface area contributed by atoms with E-state index in [9.17, 15) is 0 Å². The predicted octanol–water partition coefficient (Wildman–Crippen LogP) is 2.04. The summed E-state index contributed by atoms with van der Waals surface area (Å²) in [6, 6.07) is 8.18. The van der Waals surface area contributed by atoms with E-state index in [0.717, 1.165) is 12.1 Å².